The van der Waals surface area contributed by atoms with Gasteiger partial charge in [-0.15, -0.1) is 0 Å². The number of rotatable bonds is 3. The molecule has 0 atom stereocenters. The highest BCUT2D eigenvalue weighted by atomic mass is 32.2. The first kappa shape index (κ1) is 14.4. The molecule has 0 spiro atoms. The van der Waals surface area contributed by atoms with E-state index in [9.17, 15) is 10.5 Å². The van der Waals surface area contributed by atoms with Gasteiger partial charge in [0.05, 0.1) is 17.4 Å². The van der Waals surface area contributed by atoms with Crippen LogP contribution < -0.4 is 5.73 Å². The molecule has 1 heterocycles. The predicted octanol–water partition coefficient (Wildman–Crippen LogP) is 2.69. The van der Waals surface area contributed by atoms with E-state index in [4.69, 9.17) is 11.0 Å². The molecule has 21 heavy (non-hydrogen) atoms. The first-order valence-corrected chi connectivity index (χ1v) is 6.90. The third-order valence-electron chi connectivity index (χ3n) is 2.75. The molecule has 1 aromatic heterocycles. The number of aromatic nitrogens is 1. The molecule has 1 aromatic carbocycles. The molecule has 2 N–H and O–H groups in total. The lowest BCUT2D eigenvalue weighted by Gasteiger charge is -2.12. The van der Waals surface area contributed by atoms with Gasteiger partial charge in [-0.1, -0.05) is 42.1 Å². The lowest BCUT2D eigenvalue weighted by Crippen LogP contribution is -2.03. The fourth-order valence-electron chi connectivity index (χ4n) is 1.90. The van der Waals surface area contributed by atoms with E-state index in [-0.39, 0.29) is 22.7 Å². The van der Waals surface area contributed by atoms with Gasteiger partial charge in [-0.3, -0.25) is 0 Å². The molecule has 0 bridgehead atoms. The molecule has 0 aliphatic heterocycles. The minimum Gasteiger partial charge on any atom is -0.383 e. The van der Waals surface area contributed by atoms with Crippen LogP contribution in [0, 0.1) is 34.0 Å². The summed E-state index contributed by atoms with van der Waals surface area (Å²) >= 11 is 1.13. The van der Waals surface area contributed by atoms with Crippen LogP contribution in [0.2, 0.25) is 0 Å². The fourth-order valence-corrected chi connectivity index (χ4v) is 2.55. The Kier molecular flexibility index (Phi) is 4.41. The van der Waals surface area contributed by atoms with Crippen molar-refractivity contribution in [2.24, 2.45) is 0 Å². The van der Waals surface area contributed by atoms with Crippen LogP contribution >= 0.6 is 11.8 Å². The van der Waals surface area contributed by atoms with E-state index >= 15 is 0 Å². The monoisotopic (exact) mass is 291 g/mol. The predicted molar refractivity (Wildman–Crippen MR) is 79.9 cm³/mol. The van der Waals surface area contributed by atoms with Gasteiger partial charge in [-0.05, 0) is 5.56 Å². The maximum absolute atomic E-state index is 9.43. The van der Waals surface area contributed by atoms with Crippen LogP contribution in [0.15, 0.2) is 35.4 Å². The summed E-state index contributed by atoms with van der Waals surface area (Å²) in [6.45, 7) is 0. The van der Waals surface area contributed by atoms with Crippen LogP contribution in [0.4, 0.5) is 5.82 Å². The van der Waals surface area contributed by atoms with Crippen molar-refractivity contribution < 1.29 is 0 Å². The Labute approximate surface area is 126 Å². The average molecular weight is 291 g/mol. The van der Waals surface area contributed by atoms with Crippen molar-refractivity contribution in [2.45, 2.75) is 5.03 Å². The Balaban J connectivity index is 2.78. The topological polar surface area (TPSA) is 110 Å². The number of nitrogen functional groups attached to an aromatic ring is 1. The van der Waals surface area contributed by atoms with Gasteiger partial charge in [0.25, 0.3) is 0 Å². The molecule has 0 saturated carbocycles. The Bertz CT molecular complexity index is 794. The molecule has 100 valence electrons. The Hall–Kier alpha value is -3.01. The van der Waals surface area contributed by atoms with Gasteiger partial charge in [0.2, 0.25) is 0 Å². The molecule has 0 saturated heterocycles. The van der Waals surface area contributed by atoms with Gasteiger partial charge in [0.1, 0.15) is 28.5 Å². The van der Waals surface area contributed by atoms with E-state index in [1.807, 2.05) is 30.3 Å². The first-order valence-electron chi connectivity index (χ1n) is 5.91. The van der Waals surface area contributed by atoms with Crippen molar-refractivity contribution in [1.29, 1.82) is 15.8 Å². The van der Waals surface area contributed by atoms with Gasteiger partial charge in [0.15, 0.2) is 0 Å². The summed E-state index contributed by atoms with van der Waals surface area (Å²) in [5.74, 6) is 0.220. The Morgan fingerprint density at radius 1 is 1.05 bits per heavy atom. The number of hydrogen-bond donors (Lipinski definition) is 1. The van der Waals surface area contributed by atoms with Crippen LogP contribution in [-0.2, 0) is 0 Å². The smallest absolute Gasteiger partial charge is 0.143 e. The molecule has 0 aliphatic rings. The number of nitrogens with zero attached hydrogens (tertiary/aromatic N) is 4. The lowest BCUT2D eigenvalue weighted by molar-refractivity contribution is 1.12. The largest absolute Gasteiger partial charge is 0.383 e. The molecular weight excluding hydrogens is 282 g/mol. The summed E-state index contributed by atoms with van der Waals surface area (Å²) in [7, 11) is 0. The second-order valence-corrected chi connectivity index (χ2v) is 4.93. The van der Waals surface area contributed by atoms with E-state index in [0.29, 0.717) is 10.6 Å². The second kappa shape index (κ2) is 6.43. The summed E-state index contributed by atoms with van der Waals surface area (Å²) in [6, 6.07) is 15.1. The molecule has 2 rings (SSSR count). The maximum Gasteiger partial charge on any atom is 0.143 e. The van der Waals surface area contributed by atoms with Crippen LogP contribution in [-0.4, -0.2) is 10.7 Å². The number of hydrogen-bond acceptors (Lipinski definition) is 6. The van der Waals surface area contributed by atoms with Gasteiger partial charge >= 0.3 is 0 Å². The number of thioether (sulfide) groups is 1. The number of pyridine rings is 1. The molecule has 2 aromatic rings. The molecule has 5 nitrogen and oxygen atoms in total. The number of anilines is 1. The highest BCUT2D eigenvalue weighted by molar-refractivity contribution is 7.99. The molecule has 6 heteroatoms. The fraction of sp³-hybridized carbons (Fsp3) is 0.0667. The normalized spacial score (nSPS) is 9.38. The number of nitrogens with two attached hydrogens (primary N) is 1. The lowest BCUT2D eigenvalue weighted by atomic mass is 9.97. The zero-order chi connectivity index (χ0) is 15.2. The van der Waals surface area contributed by atoms with Crippen molar-refractivity contribution >= 4 is 17.6 Å². The third kappa shape index (κ3) is 2.79. The SMILES string of the molecule is N#CCSc1nc(N)c(C#N)c(-c2ccccc2)c1C#N. The Morgan fingerprint density at radius 2 is 1.71 bits per heavy atom. The standard InChI is InChI=1S/C15H9N5S/c16-6-7-21-15-12(9-18)13(10-4-2-1-3-5-10)11(8-17)14(19)20-15/h1-5H,7H2,(H2,19,20). The van der Waals surface area contributed by atoms with Crippen molar-refractivity contribution in [1.82, 2.24) is 4.98 Å². The van der Waals surface area contributed by atoms with Crippen LogP contribution in [0.3, 0.4) is 0 Å². The van der Waals surface area contributed by atoms with E-state index in [1.165, 1.54) is 0 Å². The van der Waals surface area contributed by atoms with Crippen LogP contribution in [0.1, 0.15) is 11.1 Å². The van der Waals surface area contributed by atoms with E-state index in [1.54, 1.807) is 12.1 Å². The highest BCUT2D eigenvalue weighted by Crippen LogP contribution is 2.35. The molecule has 0 amide bonds. The summed E-state index contributed by atoms with van der Waals surface area (Å²) in [5, 5.41) is 27.8. The van der Waals surface area contributed by atoms with Gasteiger partial charge in [-0.25, -0.2) is 4.98 Å². The molecular formula is C15H9N5S. The first-order chi connectivity index (χ1) is 10.2. The van der Waals surface area contributed by atoms with Crippen molar-refractivity contribution in [3.63, 3.8) is 0 Å². The summed E-state index contributed by atoms with van der Waals surface area (Å²) < 4.78 is 0. The molecule has 0 radical (unpaired) electrons. The second-order valence-electron chi connectivity index (χ2n) is 3.96. The van der Waals surface area contributed by atoms with E-state index in [2.05, 4.69) is 11.1 Å². The molecule has 0 unspecified atom stereocenters. The minimum absolute atomic E-state index is 0.0655. The van der Waals surface area contributed by atoms with Gasteiger partial charge in [0, 0.05) is 5.56 Å². The number of nitriles is 3. The zero-order valence-electron chi connectivity index (χ0n) is 10.9. The van der Waals surface area contributed by atoms with Crippen LogP contribution in [0.25, 0.3) is 11.1 Å². The van der Waals surface area contributed by atoms with Gasteiger partial charge in [-0.2, -0.15) is 15.8 Å². The quantitative estimate of drug-likeness (QED) is 0.870. The van der Waals surface area contributed by atoms with Crippen molar-refractivity contribution in [2.75, 3.05) is 11.5 Å². The Morgan fingerprint density at radius 3 is 2.29 bits per heavy atom. The summed E-state index contributed by atoms with van der Waals surface area (Å²) in [6.07, 6.45) is 0. The average Bonchev–Trinajstić information content (AvgIpc) is 2.52. The van der Waals surface area contributed by atoms with E-state index < -0.39 is 0 Å². The van der Waals surface area contributed by atoms with Crippen molar-refractivity contribution in [3.8, 4) is 29.3 Å². The summed E-state index contributed by atoms with van der Waals surface area (Å²) in [5.41, 5.74) is 7.46. The summed E-state index contributed by atoms with van der Waals surface area (Å²) in [4.78, 5) is 4.08. The van der Waals surface area contributed by atoms with Gasteiger partial charge < -0.3 is 5.73 Å². The zero-order valence-corrected chi connectivity index (χ0v) is 11.7. The minimum atomic E-state index is 0.0655. The third-order valence-corrected chi connectivity index (χ3v) is 3.59. The van der Waals surface area contributed by atoms with Crippen molar-refractivity contribution in [3.05, 3.63) is 41.5 Å². The highest BCUT2D eigenvalue weighted by Gasteiger charge is 2.20. The molecule has 0 aliphatic carbocycles. The van der Waals surface area contributed by atoms with Crippen LogP contribution in [0.5, 0.6) is 0 Å². The maximum atomic E-state index is 9.43. The molecule has 0 fully saturated rings. The number of benzene rings is 1. The van der Waals surface area contributed by atoms with E-state index in [0.717, 1.165) is 17.3 Å².